The van der Waals surface area contributed by atoms with Gasteiger partial charge in [-0.3, -0.25) is 9.59 Å². The molecule has 0 saturated heterocycles. The van der Waals surface area contributed by atoms with Gasteiger partial charge in [-0.15, -0.1) is 5.10 Å². The van der Waals surface area contributed by atoms with Crippen molar-refractivity contribution in [2.24, 2.45) is 5.73 Å². The molecule has 0 saturated carbocycles. The predicted octanol–water partition coefficient (Wildman–Crippen LogP) is 0.941. The molecule has 1 aromatic carbocycles. The highest BCUT2D eigenvalue weighted by Crippen LogP contribution is 2.16. The minimum Gasteiger partial charge on any atom is -0.364 e. The van der Waals surface area contributed by atoms with Crippen LogP contribution in [0, 0.1) is 20.8 Å². The molecule has 1 heterocycles. The zero-order chi connectivity index (χ0) is 15.6. The molecule has 0 unspecified atom stereocenters. The van der Waals surface area contributed by atoms with Crippen LogP contribution in [-0.2, 0) is 11.3 Å². The number of amides is 2. The van der Waals surface area contributed by atoms with Crippen molar-refractivity contribution in [3.05, 3.63) is 40.7 Å². The molecule has 1 aromatic heterocycles. The molecule has 0 atom stereocenters. The molecule has 2 amide bonds. The van der Waals surface area contributed by atoms with E-state index in [1.54, 1.807) is 6.92 Å². The van der Waals surface area contributed by atoms with E-state index in [0.717, 1.165) is 16.8 Å². The van der Waals surface area contributed by atoms with Crippen LogP contribution >= 0.6 is 0 Å². The number of hydrogen-bond acceptors (Lipinski definition) is 4. The summed E-state index contributed by atoms with van der Waals surface area (Å²) < 4.78 is 1.35. The SMILES string of the molecule is Cc1ccc(C)c(NC(=O)Cn2nnc(C(N)=O)c2C)c1. The third kappa shape index (κ3) is 3.25. The van der Waals surface area contributed by atoms with Crippen molar-refractivity contribution in [3.63, 3.8) is 0 Å². The topological polar surface area (TPSA) is 103 Å². The lowest BCUT2D eigenvalue weighted by atomic mass is 10.1. The van der Waals surface area contributed by atoms with Gasteiger partial charge in [0.1, 0.15) is 6.54 Å². The van der Waals surface area contributed by atoms with E-state index in [4.69, 9.17) is 5.73 Å². The molecular formula is C14H17N5O2. The van der Waals surface area contributed by atoms with Crippen LogP contribution in [0.4, 0.5) is 5.69 Å². The van der Waals surface area contributed by atoms with Crippen molar-refractivity contribution in [2.45, 2.75) is 27.3 Å². The summed E-state index contributed by atoms with van der Waals surface area (Å²) in [7, 11) is 0. The molecule has 7 nitrogen and oxygen atoms in total. The molecule has 0 aliphatic heterocycles. The Labute approximate surface area is 122 Å². The Balaban J connectivity index is 2.12. The minimum absolute atomic E-state index is 0.0283. The van der Waals surface area contributed by atoms with Gasteiger partial charge in [0, 0.05) is 5.69 Å². The molecule has 3 N–H and O–H groups in total. The average Bonchev–Trinajstić information content (AvgIpc) is 2.75. The van der Waals surface area contributed by atoms with Crippen LogP contribution in [0.2, 0.25) is 0 Å². The number of primary amides is 1. The fraction of sp³-hybridized carbons (Fsp3) is 0.286. The molecule has 2 aromatic rings. The summed E-state index contributed by atoms with van der Waals surface area (Å²) >= 11 is 0. The molecule has 0 radical (unpaired) electrons. The number of carbonyl (C=O) groups excluding carboxylic acids is 2. The fourth-order valence-electron chi connectivity index (χ4n) is 1.93. The van der Waals surface area contributed by atoms with E-state index in [0.29, 0.717) is 5.69 Å². The number of carbonyl (C=O) groups is 2. The second kappa shape index (κ2) is 5.74. The first-order valence-electron chi connectivity index (χ1n) is 6.45. The zero-order valence-electron chi connectivity index (χ0n) is 12.2. The van der Waals surface area contributed by atoms with E-state index in [-0.39, 0.29) is 18.1 Å². The van der Waals surface area contributed by atoms with Crippen molar-refractivity contribution in [1.82, 2.24) is 15.0 Å². The van der Waals surface area contributed by atoms with E-state index < -0.39 is 5.91 Å². The van der Waals surface area contributed by atoms with Crippen LogP contribution in [0.1, 0.15) is 27.3 Å². The smallest absolute Gasteiger partial charge is 0.271 e. The Morgan fingerprint density at radius 2 is 2.00 bits per heavy atom. The summed E-state index contributed by atoms with van der Waals surface area (Å²) in [5.74, 6) is -0.901. The largest absolute Gasteiger partial charge is 0.364 e. The van der Waals surface area contributed by atoms with Gasteiger partial charge in [0.15, 0.2) is 5.69 Å². The standard InChI is InChI=1S/C14H17N5O2/c1-8-4-5-9(2)11(6-8)16-12(20)7-19-10(3)13(14(15)21)17-18-19/h4-6H,7H2,1-3H3,(H2,15,21)(H,16,20). The highest BCUT2D eigenvalue weighted by molar-refractivity contribution is 5.93. The zero-order valence-corrected chi connectivity index (χ0v) is 12.2. The number of nitrogens with zero attached hydrogens (tertiary/aromatic N) is 3. The summed E-state index contributed by atoms with van der Waals surface area (Å²) in [5.41, 5.74) is 8.50. The number of rotatable bonds is 4. The molecule has 2 rings (SSSR count). The quantitative estimate of drug-likeness (QED) is 0.873. The number of aromatic nitrogens is 3. The van der Waals surface area contributed by atoms with E-state index >= 15 is 0 Å². The van der Waals surface area contributed by atoms with Gasteiger partial charge < -0.3 is 11.1 Å². The summed E-state index contributed by atoms with van der Waals surface area (Å²) in [5, 5.41) is 10.3. The highest BCUT2D eigenvalue weighted by Gasteiger charge is 2.15. The lowest BCUT2D eigenvalue weighted by molar-refractivity contribution is -0.117. The first-order valence-corrected chi connectivity index (χ1v) is 6.45. The predicted molar refractivity (Wildman–Crippen MR) is 77.8 cm³/mol. The lowest BCUT2D eigenvalue weighted by Gasteiger charge is -2.09. The van der Waals surface area contributed by atoms with Gasteiger partial charge >= 0.3 is 0 Å². The number of nitrogens with two attached hydrogens (primary N) is 1. The molecule has 21 heavy (non-hydrogen) atoms. The van der Waals surface area contributed by atoms with Gasteiger partial charge in [-0.1, -0.05) is 17.3 Å². The second-order valence-corrected chi connectivity index (χ2v) is 4.91. The van der Waals surface area contributed by atoms with Crippen LogP contribution in [0.3, 0.4) is 0 Å². The molecule has 0 aliphatic rings. The second-order valence-electron chi connectivity index (χ2n) is 4.91. The number of benzene rings is 1. The van der Waals surface area contributed by atoms with Crippen LogP contribution in [0.25, 0.3) is 0 Å². The van der Waals surface area contributed by atoms with Gasteiger partial charge in [-0.25, -0.2) is 4.68 Å². The third-order valence-electron chi connectivity index (χ3n) is 3.18. The molecule has 0 fully saturated rings. The van der Waals surface area contributed by atoms with Gasteiger partial charge in [-0.05, 0) is 38.0 Å². The normalized spacial score (nSPS) is 10.4. The average molecular weight is 287 g/mol. The van der Waals surface area contributed by atoms with E-state index in [2.05, 4.69) is 15.6 Å². The highest BCUT2D eigenvalue weighted by atomic mass is 16.2. The van der Waals surface area contributed by atoms with Gasteiger partial charge in [0.05, 0.1) is 5.69 Å². The van der Waals surface area contributed by atoms with E-state index in [1.165, 1.54) is 4.68 Å². The molecule has 0 spiro atoms. The summed E-state index contributed by atoms with van der Waals surface area (Å²) in [6.07, 6.45) is 0. The van der Waals surface area contributed by atoms with Crippen molar-refractivity contribution >= 4 is 17.5 Å². The fourth-order valence-corrected chi connectivity index (χ4v) is 1.93. The maximum Gasteiger partial charge on any atom is 0.271 e. The number of aryl methyl sites for hydroxylation is 2. The first kappa shape index (κ1) is 14.7. The van der Waals surface area contributed by atoms with Gasteiger partial charge in [0.25, 0.3) is 5.91 Å². The van der Waals surface area contributed by atoms with E-state index in [1.807, 2.05) is 32.0 Å². The summed E-state index contributed by atoms with van der Waals surface area (Å²) in [4.78, 5) is 23.2. The van der Waals surface area contributed by atoms with Crippen molar-refractivity contribution in [3.8, 4) is 0 Å². The first-order chi connectivity index (χ1) is 9.88. The third-order valence-corrected chi connectivity index (χ3v) is 3.18. The summed E-state index contributed by atoms with van der Waals surface area (Å²) in [6, 6.07) is 5.82. The number of nitrogens with one attached hydrogen (secondary N) is 1. The molecule has 110 valence electrons. The maximum absolute atomic E-state index is 12.1. The monoisotopic (exact) mass is 287 g/mol. The van der Waals surface area contributed by atoms with Crippen LogP contribution in [0.5, 0.6) is 0 Å². The Kier molecular flexibility index (Phi) is 4.02. The lowest BCUT2D eigenvalue weighted by Crippen LogP contribution is -2.21. The Morgan fingerprint density at radius 3 is 2.62 bits per heavy atom. The molecular weight excluding hydrogens is 270 g/mol. The van der Waals surface area contributed by atoms with Crippen LogP contribution in [0.15, 0.2) is 18.2 Å². The summed E-state index contributed by atoms with van der Waals surface area (Å²) in [6.45, 7) is 5.49. The van der Waals surface area contributed by atoms with Gasteiger partial charge in [0.2, 0.25) is 5.91 Å². The Bertz CT molecular complexity index is 705. The number of hydrogen-bond donors (Lipinski definition) is 2. The van der Waals surface area contributed by atoms with Crippen molar-refractivity contribution in [2.75, 3.05) is 5.32 Å². The molecule has 0 bridgehead atoms. The maximum atomic E-state index is 12.1. The Hall–Kier alpha value is -2.70. The van der Waals surface area contributed by atoms with Crippen molar-refractivity contribution in [1.29, 1.82) is 0 Å². The Morgan fingerprint density at radius 1 is 1.29 bits per heavy atom. The molecule has 0 aliphatic carbocycles. The molecule has 7 heteroatoms. The number of anilines is 1. The van der Waals surface area contributed by atoms with E-state index in [9.17, 15) is 9.59 Å². The van der Waals surface area contributed by atoms with Crippen LogP contribution in [-0.4, -0.2) is 26.8 Å². The van der Waals surface area contributed by atoms with Crippen LogP contribution < -0.4 is 11.1 Å². The van der Waals surface area contributed by atoms with Crippen molar-refractivity contribution < 1.29 is 9.59 Å². The van der Waals surface area contributed by atoms with Gasteiger partial charge in [-0.2, -0.15) is 0 Å². The minimum atomic E-state index is -0.659.